The molecule has 0 aliphatic carbocycles. The van der Waals surface area contributed by atoms with Crippen LogP contribution in [0.1, 0.15) is 36.8 Å². The molecule has 5 heteroatoms. The first-order chi connectivity index (χ1) is 10.6. The van der Waals surface area contributed by atoms with E-state index in [0.717, 1.165) is 28.5 Å². The van der Waals surface area contributed by atoms with Gasteiger partial charge in [0.2, 0.25) is 0 Å². The Morgan fingerprint density at radius 3 is 2.95 bits per heavy atom. The predicted molar refractivity (Wildman–Crippen MR) is 90.8 cm³/mol. The van der Waals surface area contributed by atoms with Gasteiger partial charge in [-0.3, -0.25) is 0 Å². The number of hydrogen-bond donors (Lipinski definition) is 0. The molecule has 0 bridgehead atoms. The van der Waals surface area contributed by atoms with Gasteiger partial charge in [-0.1, -0.05) is 31.5 Å². The zero-order valence-electron chi connectivity index (χ0n) is 12.5. The van der Waals surface area contributed by atoms with Crippen molar-refractivity contribution in [3.05, 3.63) is 51.2 Å². The summed E-state index contributed by atoms with van der Waals surface area (Å²) in [5.74, 6) is 1.30. The molecule has 0 saturated carbocycles. The van der Waals surface area contributed by atoms with Crippen molar-refractivity contribution in [3.63, 3.8) is 0 Å². The van der Waals surface area contributed by atoms with Crippen molar-refractivity contribution in [2.45, 2.75) is 32.5 Å². The van der Waals surface area contributed by atoms with Crippen molar-refractivity contribution in [3.8, 4) is 5.75 Å². The molecule has 2 aromatic rings. The lowest BCUT2D eigenvalue weighted by atomic mass is 9.97. The molecule has 2 atom stereocenters. The molecule has 114 valence electrons. The van der Waals surface area contributed by atoms with Crippen molar-refractivity contribution in [2.24, 2.45) is 11.0 Å². The van der Waals surface area contributed by atoms with E-state index in [1.807, 2.05) is 18.2 Å². The first-order valence-corrected chi connectivity index (χ1v) is 8.75. The molecule has 2 aliphatic heterocycles. The normalized spacial score (nSPS) is 23.1. The van der Waals surface area contributed by atoms with Crippen LogP contribution in [0.2, 0.25) is 5.02 Å². The Kier molecular flexibility index (Phi) is 3.39. The Hall–Kier alpha value is -1.52. The van der Waals surface area contributed by atoms with Gasteiger partial charge in [0.1, 0.15) is 5.75 Å². The average Bonchev–Trinajstić information content (AvgIpc) is 3.15. The minimum absolute atomic E-state index is 0.0314. The topological polar surface area (TPSA) is 24.8 Å². The Morgan fingerprint density at radius 1 is 1.36 bits per heavy atom. The number of hydrogen-bond acceptors (Lipinski definition) is 4. The second-order valence-corrected chi connectivity index (χ2v) is 7.44. The van der Waals surface area contributed by atoms with Gasteiger partial charge in [0, 0.05) is 22.9 Å². The molecule has 4 rings (SSSR count). The molecule has 0 saturated heterocycles. The summed E-state index contributed by atoms with van der Waals surface area (Å²) < 4.78 is 6.19. The van der Waals surface area contributed by atoms with Crippen molar-refractivity contribution in [1.82, 2.24) is 5.01 Å². The van der Waals surface area contributed by atoms with Crippen molar-refractivity contribution in [1.29, 1.82) is 0 Å². The van der Waals surface area contributed by atoms with Crippen LogP contribution < -0.4 is 4.74 Å². The van der Waals surface area contributed by atoms with E-state index in [-0.39, 0.29) is 12.3 Å². The third kappa shape index (κ3) is 2.22. The minimum atomic E-state index is -0.0314. The minimum Gasteiger partial charge on any atom is -0.468 e. The highest BCUT2D eigenvalue weighted by Crippen LogP contribution is 2.45. The van der Waals surface area contributed by atoms with Crippen LogP contribution in [0.3, 0.4) is 0 Å². The summed E-state index contributed by atoms with van der Waals surface area (Å²) in [4.78, 5) is 1.24. The summed E-state index contributed by atoms with van der Waals surface area (Å²) in [6.07, 6.45) is 0.872. The van der Waals surface area contributed by atoms with Crippen LogP contribution in [0.4, 0.5) is 0 Å². The number of nitrogens with zero attached hydrogens (tertiary/aromatic N) is 2. The summed E-state index contributed by atoms with van der Waals surface area (Å²) in [6, 6.07) is 10.3. The van der Waals surface area contributed by atoms with Crippen LogP contribution in [-0.2, 0) is 0 Å². The molecule has 22 heavy (non-hydrogen) atoms. The van der Waals surface area contributed by atoms with E-state index in [4.69, 9.17) is 21.4 Å². The van der Waals surface area contributed by atoms with Gasteiger partial charge in [-0.2, -0.15) is 5.10 Å². The molecular weight excluding hydrogens is 316 g/mol. The van der Waals surface area contributed by atoms with Gasteiger partial charge in [-0.25, -0.2) is 5.01 Å². The van der Waals surface area contributed by atoms with Crippen LogP contribution >= 0.6 is 22.9 Å². The van der Waals surface area contributed by atoms with Crippen LogP contribution in [0.25, 0.3) is 0 Å². The fourth-order valence-electron chi connectivity index (χ4n) is 3.12. The molecule has 0 spiro atoms. The highest BCUT2D eigenvalue weighted by molar-refractivity contribution is 7.12. The van der Waals surface area contributed by atoms with Gasteiger partial charge in [0.25, 0.3) is 0 Å². The third-order valence-corrected chi connectivity index (χ3v) is 5.31. The van der Waals surface area contributed by atoms with E-state index in [0.29, 0.717) is 5.92 Å². The summed E-state index contributed by atoms with van der Waals surface area (Å²) in [7, 11) is 0. The van der Waals surface area contributed by atoms with Crippen LogP contribution in [0.15, 0.2) is 40.8 Å². The van der Waals surface area contributed by atoms with Crippen LogP contribution in [0, 0.1) is 5.92 Å². The molecule has 0 fully saturated rings. The molecule has 0 radical (unpaired) electrons. The number of ether oxygens (including phenoxy) is 1. The average molecular weight is 333 g/mol. The summed E-state index contributed by atoms with van der Waals surface area (Å²) in [5, 5.41) is 9.84. The predicted octanol–water partition coefficient (Wildman–Crippen LogP) is 4.93. The molecule has 1 aromatic heterocycles. The molecule has 0 unspecified atom stereocenters. The fourth-order valence-corrected chi connectivity index (χ4v) is 4.02. The highest BCUT2D eigenvalue weighted by Gasteiger charge is 2.41. The van der Waals surface area contributed by atoms with Crippen LogP contribution in [-0.4, -0.2) is 16.9 Å². The third-order valence-electron chi connectivity index (χ3n) is 4.16. The fraction of sp³-hybridized carbons (Fsp3) is 0.353. The molecule has 1 aromatic carbocycles. The molecule has 0 N–H and O–H groups in total. The summed E-state index contributed by atoms with van der Waals surface area (Å²) in [5.41, 5.74) is 2.28. The van der Waals surface area contributed by atoms with Crippen molar-refractivity contribution >= 4 is 28.6 Å². The molecular formula is C17H17ClN2OS. The first-order valence-electron chi connectivity index (χ1n) is 7.49. The maximum atomic E-state index is 6.19. The Balaban J connectivity index is 1.78. The van der Waals surface area contributed by atoms with Crippen molar-refractivity contribution in [2.75, 3.05) is 0 Å². The van der Waals surface area contributed by atoms with Gasteiger partial charge < -0.3 is 4.74 Å². The lowest BCUT2D eigenvalue weighted by Crippen LogP contribution is -2.43. The largest absolute Gasteiger partial charge is 0.468 e. The maximum Gasteiger partial charge on any atom is 0.190 e. The number of thiophene rings is 1. The quantitative estimate of drug-likeness (QED) is 0.779. The number of hydrazone groups is 1. The molecule has 2 aliphatic rings. The highest BCUT2D eigenvalue weighted by atomic mass is 35.5. The lowest BCUT2D eigenvalue weighted by Gasteiger charge is -2.40. The van der Waals surface area contributed by atoms with Gasteiger partial charge in [-0.05, 0) is 29.6 Å². The van der Waals surface area contributed by atoms with Gasteiger partial charge in [-0.15, -0.1) is 11.3 Å². The second kappa shape index (κ2) is 5.28. The molecule has 0 amide bonds. The van der Waals surface area contributed by atoms with E-state index < -0.39 is 0 Å². The first kappa shape index (κ1) is 14.1. The lowest BCUT2D eigenvalue weighted by molar-refractivity contribution is -0.0461. The summed E-state index contributed by atoms with van der Waals surface area (Å²) in [6.45, 7) is 4.34. The number of benzene rings is 1. The maximum absolute atomic E-state index is 6.19. The molecule has 3 heterocycles. The smallest absolute Gasteiger partial charge is 0.190 e. The van der Waals surface area contributed by atoms with E-state index >= 15 is 0 Å². The van der Waals surface area contributed by atoms with E-state index in [1.165, 1.54) is 4.88 Å². The standard InChI is InChI=1S/C17H17ClN2OS/c1-10(2)17-20-14(9-13(19-20)16-4-3-7-22-16)12-8-11(18)5-6-15(12)21-17/h3-8,10,14,17H,9H2,1-2H3/t14-,17+/m1/s1. The molecule has 3 nitrogen and oxygen atoms in total. The Bertz CT molecular complexity index is 726. The zero-order chi connectivity index (χ0) is 15.3. The zero-order valence-corrected chi connectivity index (χ0v) is 14.1. The van der Waals surface area contributed by atoms with Gasteiger partial charge >= 0.3 is 0 Å². The summed E-state index contributed by atoms with van der Waals surface area (Å²) >= 11 is 7.93. The number of rotatable bonds is 2. The van der Waals surface area contributed by atoms with Crippen molar-refractivity contribution < 1.29 is 4.74 Å². The Labute approximate surface area is 139 Å². The van der Waals surface area contributed by atoms with Gasteiger partial charge in [0.15, 0.2) is 6.23 Å². The van der Waals surface area contributed by atoms with E-state index in [2.05, 4.69) is 36.4 Å². The monoisotopic (exact) mass is 332 g/mol. The Morgan fingerprint density at radius 2 is 2.23 bits per heavy atom. The number of fused-ring (bicyclic) bond motifs is 3. The van der Waals surface area contributed by atoms with E-state index in [9.17, 15) is 0 Å². The number of halogens is 1. The second-order valence-electron chi connectivity index (χ2n) is 6.06. The van der Waals surface area contributed by atoms with Crippen LogP contribution in [0.5, 0.6) is 5.75 Å². The van der Waals surface area contributed by atoms with E-state index in [1.54, 1.807) is 11.3 Å². The SMILES string of the molecule is CC(C)[C@@H]1Oc2ccc(Cl)cc2[C@H]2CC(c3cccs3)=NN21. The van der Waals surface area contributed by atoms with Gasteiger partial charge in [0.05, 0.1) is 16.6 Å².